The van der Waals surface area contributed by atoms with Gasteiger partial charge in [-0.05, 0) is 72.0 Å². The highest BCUT2D eigenvalue weighted by atomic mass is 35.5. The number of aromatic nitrogens is 1. The molecule has 0 bridgehead atoms. The molecule has 0 radical (unpaired) electrons. The van der Waals surface area contributed by atoms with Gasteiger partial charge in [-0.2, -0.15) is 13.2 Å². The molecule has 0 saturated carbocycles. The fourth-order valence-electron chi connectivity index (χ4n) is 4.60. The van der Waals surface area contributed by atoms with E-state index in [1.165, 1.54) is 6.07 Å². The van der Waals surface area contributed by atoms with Crippen LogP contribution in [0.5, 0.6) is 5.75 Å². The van der Waals surface area contributed by atoms with Crippen LogP contribution in [0.4, 0.5) is 13.2 Å². The lowest BCUT2D eigenvalue weighted by Crippen LogP contribution is -2.07. The summed E-state index contributed by atoms with van der Waals surface area (Å²) in [4.78, 5) is 4.28. The van der Waals surface area contributed by atoms with Gasteiger partial charge in [-0.3, -0.25) is 4.98 Å². The molecule has 1 heterocycles. The van der Waals surface area contributed by atoms with Gasteiger partial charge in [-0.25, -0.2) is 0 Å². The maximum absolute atomic E-state index is 13.8. The summed E-state index contributed by atoms with van der Waals surface area (Å²) < 4.78 is 47.8. The van der Waals surface area contributed by atoms with E-state index in [0.717, 1.165) is 28.3 Å². The molecule has 38 heavy (non-hydrogen) atoms. The van der Waals surface area contributed by atoms with Crippen LogP contribution in [0.25, 0.3) is 22.0 Å². The summed E-state index contributed by atoms with van der Waals surface area (Å²) in [7, 11) is 0. The molecule has 1 unspecified atom stereocenters. The molecule has 0 aliphatic rings. The molecule has 0 aliphatic carbocycles. The Hall–Kier alpha value is -3.54. The second-order valence-electron chi connectivity index (χ2n) is 8.97. The molecule has 1 atom stereocenters. The van der Waals surface area contributed by atoms with Crippen molar-refractivity contribution >= 4 is 34.1 Å². The quantitative estimate of drug-likeness (QED) is 0.209. The number of hydrogen-bond donors (Lipinski definition) is 0. The smallest absolute Gasteiger partial charge is 0.418 e. The van der Waals surface area contributed by atoms with Gasteiger partial charge in [0.2, 0.25) is 0 Å². The zero-order chi connectivity index (χ0) is 26.9. The molecular weight excluding hydrogens is 530 g/mol. The van der Waals surface area contributed by atoms with Crippen molar-refractivity contribution in [3.05, 3.63) is 129 Å². The molecular formula is C31H22Cl2F3NO. The third-order valence-corrected chi connectivity index (χ3v) is 6.93. The number of fused-ring (bicyclic) bond motifs is 1. The number of halogens is 5. The second kappa shape index (κ2) is 10.7. The maximum Gasteiger partial charge on any atom is 0.418 e. The standard InChI is InChI=1S/C31H22Cl2F3NO/c1-19(26-17-23(32)13-14-28(26)33)38-24-10-5-9-21(16-24)29-22(15-20-7-3-2-4-8-20)18-37-30-25(29)11-6-12-27(30)31(34,35)36/h2-14,16-19H,15H2,1H3. The van der Waals surface area contributed by atoms with E-state index in [1.54, 1.807) is 36.5 Å². The van der Waals surface area contributed by atoms with Gasteiger partial charge < -0.3 is 4.74 Å². The van der Waals surface area contributed by atoms with Crippen LogP contribution in [0.15, 0.2) is 97.2 Å². The molecule has 4 aromatic carbocycles. The first-order valence-corrected chi connectivity index (χ1v) is 12.7. The molecule has 0 amide bonds. The van der Waals surface area contributed by atoms with Gasteiger partial charge in [0.1, 0.15) is 11.9 Å². The largest absolute Gasteiger partial charge is 0.486 e. The molecule has 0 N–H and O–H groups in total. The van der Waals surface area contributed by atoms with E-state index >= 15 is 0 Å². The van der Waals surface area contributed by atoms with E-state index < -0.39 is 17.8 Å². The maximum atomic E-state index is 13.8. The first-order valence-electron chi connectivity index (χ1n) is 11.9. The van der Waals surface area contributed by atoms with E-state index in [9.17, 15) is 13.2 Å². The summed E-state index contributed by atoms with van der Waals surface area (Å²) in [5, 5.41) is 1.50. The van der Waals surface area contributed by atoms with Crippen molar-refractivity contribution in [2.45, 2.75) is 25.6 Å². The zero-order valence-electron chi connectivity index (χ0n) is 20.3. The van der Waals surface area contributed by atoms with Gasteiger partial charge in [-0.15, -0.1) is 0 Å². The Morgan fingerprint density at radius 1 is 0.868 bits per heavy atom. The number of para-hydroxylation sites is 1. The minimum absolute atomic E-state index is 0.0859. The topological polar surface area (TPSA) is 22.1 Å². The summed E-state index contributed by atoms with van der Waals surface area (Å²) in [6, 6.07) is 26.4. The molecule has 0 saturated heterocycles. The van der Waals surface area contributed by atoms with Crippen molar-refractivity contribution in [1.29, 1.82) is 0 Å². The van der Waals surface area contributed by atoms with E-state index in [1.807, 2.05) is 55.5 Å². The van der Waals surface area contributed by atoms with Crippen molar-refractivity contribution in [2.24, 2.45) is 0 Å². The Bertz CT molecular complexity index is 1600. The summed E-state index contributed by atoms with van der Waals surface area (Å²) in [5.74, 6) is 0.550. The van der Waals surface area contributed by atoms with E-state index in [4.69, 9.17) is 27.9 Å². The van der Waals surface area contributed by atoms with Crippen molar-refractivity contribution < 1.29 is 17.9 Å². The first kappa shape index (κ1) is 26.1. The Kier molecular flexibility index (Phi) is 7.33. The number of rotatable bonds is 6. The fourth-order valence-corrected chi connectivity index (χ4v) is 5.05. The van der Waals surface area contributed by atoms with Gasteiger partial charge in [0.15, 0.2) is 0 Å². The van der Waals surface area contributed by atoms with Crippen LogP contribution in [0.1, 0.15) is 35.3 Å². The number of nitrogens with zero attached hydrogens (tertiary/aromatic N) is 1. The minimum atomic E-state index is -4.53. The summed E-state index contributed by atoms with van der Waals surface area (Å²) >= 11 is 12.5. The molecule has 7 heteroatoms. The summed E-state index contributed by atoms with van der Waals surface area (Å²) in [5.41, 5.74) is 3.13. The second-order valence-corrected chi connectivity index (χ2v) is 9.82. The predicted molar refractivity (Wildman–Crippen MR) is 147 cm³/mol. The van der Waals surface area contributed by atoms with Crippen molar-refractivity contribution in [3.63, 3.8) is 0 Å². The lowest BCUT2D eigenvalue weighted by Gasteiger charge is -2.19. The van der Waals surface area contributed by atoms with Crippen LogP contribution in [0.3, 0.4) is 0 Å². The molecule has 2 nitrogen and oxygen atoms in total. The van der Waals surface area contributed by atoms with Crippen LogP contribution >= 0.6 is 23.2 Å². The predicted octanol–water partition coefficient (Wildman–Crippen LogP) is 9.96. The van der Waals surface area contributed by atoms with Crippen molar-refractivity contribution in [3.8, 4) is 16.9 Å². The van der Waals surface area contributed by atoms with E-state index in [-0.39, 0.29) is 5.52 Å². The van der Waals surface area contributed by atoms with Crippen LogP contribution in [0.2, 0.25) is 10.0 Å². The van der Waals surface area contributed by atoms with Crippen molar-refractivity contribution in [1.82, 2.24) is 4.98 Å². The normalized spacial score (nSPS) is 12.5. The molecule has 192 valence electrons. The van der Waals surface area contributed by atoms with Crippen LogP contribution < -0.4 is 4.74 Å². The lowest BCUT2D eigenvalue weighted by atomic mass is 9.91. The van der Waals surface area contributed by atoms with Gasteiger partial charge in [0.05, 0.1) is 11.1 Å². The van der Waals surface area contributed by atoms with Gasteiger partial charge in [0, 0.05) is 27.2 Å². The molecule has 5 rings (SSSR count). The highest BCUT2D eigenvalue weighted by Crippen LogP contribution is 2.40. The van der Waals surface area contributed by atoms with Gasteiger partial charge in [0.25, 0.3) is 0 Å². The summed E-state index contributed by atoms with van der Waals surface area (Å²) in [6.07, 6.45) is -2.88. The molecule has 0 spiro atoms. The monoisotopic (exact) mass is 551 g/mol. The Labute approximate surface area is 228 Å². The molecule has 5 aromatic rings. The summed E-state index contributed by atoms with van der Waals surface area (Å²) in [6.45, 7) is 1.86. The highest BCUT2D eigenvalue weighted by Gasteiger charge is 2.33. The lowest BCUT2D eigenvalue weighted by molar-refractivity contribution is -0.136. The SMILES string of the molecule is CC(Oc1cccc(-c2c(Cc3ccccc3)cnc3c(C(F)(F)F)cccc23)c1)c1cc(Cl)ccc1Cl. The number of ether oxygens (including phenoxy) is 1. The van der Waals surface area contributed by atoms with Crippen LogP contribution in [-0.4, -0.2) is 4.98 Å². The van der Waals surface area contributed by atoms with Gasteiger partial charge in [-0.1, -0.05) is 77.8 Å². The molecule has 0 fully saturated rings. The van der Waals surface area contributed by atoms with Crippen LogP contribution in [-0.2, 0) is 12.6 Å². The number of benzene rings is 4. The Balaban J connectivity index is 1.62. The third kappa shape index (κ3) is 5.50. The molecule has 1 aromatic heterocycles. The minimum Gasteiger partial charge on any atom is -0.486 e. The van der Waals surface area contributed by atoms with Crippen LogP contribution in [0, 0.1) is 0 Å². The first-order chi connectivity index (χ1) is 18.2. The van der Waals surface area contributed by atoms with Gasteiger partial charge >= 0.3 is 6.18 Å². The average Bonchev–Trinajstić information content (AvgIpc) is 2.89. The fraction of sp³-hybridized carbons (Fsp3) is 0.129. The van der Waals surface area contributed by atoms with E-state index in [2.05, 4.69) is 4.98 Å². The van der Waals surface area contributed by atoms with E-state index in [0.29, 0.717) is 33.2 Å². The third-order valence-electron chi connectivity index (χ3n) is 6.35. The Morgan fingerprint density at radius 2 is 1.63 bits per heavy atom. The van der Waals surface area contributed by atoms with Crippen molar-refractivity contribution in [2.75, 3.05) is 0 Å². The number of alkyl halides is 3. The highest BCUT2D eigenvalue weighted by molar-refractivity contribution is 6.33. The zero-order valence-corrected chi connectivity index (χ0v) is 21.8. The number of hydrogen-bond acceptors (Lipinski definition) is 2. The number of pyridine rings is 1. The Morgan fingerprint density at radius 3 is 2.39 bits per heavy atom. The average molecular weight is 552 g/mol. The molecule has 0 aliphatic heterocycles.